The van der Waals surface area contributed by atoms with Gasteiger partial charge >= 0.3 is 0 Å². The molecule has 2 N–H and O–H groups in total. The molecule has 0 saturated carbocycles. The van der Waals surface area contributed by atoms with E-state index >= 15 is 0 Å². The van der Waals surface area contributed by atoms with Crippen LogP contribution in [0.1, 0.15) is 24.3 Å². The third-order valence-electron chi connectivity index (χ3n) is 5.62. The summed E-state index contributed by atoms with van der Waals surface area (Å²) in [5.41, 5.74) is 10.9. The molecule has 0 spiro atoms. The van der Waals surface area contributed by atoms with Crippen LogP contribution in [0.15, 0.2) is 24.3 Å². The van der Waals surface area contributed by atoms with Gasteiger partial charge in [-0.3, -0.25) is 4.68 Å². The Bertz CT molecular complexity index is 905. The van der Waals surface area contributed by atoms with Crippen molar-refractivity contribution >= 4 is 22.5 Å². The molecule has 3 aliphatic rings. The zero-order chi connectivity index (χ0) is 15.7. The van der Waals surface area contributed by atoms with Crippen molar-refractivity contribution in [1.29, 1.82) is 0 Å². The van der Waals surface area contributed by atoms with Crippen LogP contribution in [0, 0.1) is 0 Å². The van der Waals surface area contributed by atoms with Gasteiger partial charge in [0.2, 0.25) is 0 Å². The molecule has 5 heteroatoms. The second-order valence-electron chi connectivity index (χ2n) is 6.87. The van der Waals surface area contributed by atoms with Crippen LogP contribution in [0.4, 0.5) is 11.6 Å². The predicted octanol–water partition coefficient (Wildman–Crippen LogP) is 2.86. The third-order valence-corrected chi connectivity index (χ3v) is 5.62. The molecule has 3 aliphatic heterocycles. The second kappa shape index (κ2) is 4.31. The Balaban J connectivity index is 1.76. The Morgan fingerprint density at radius 1 is 1.13 bits per heavy atom. The summed E-state index contributed by atoms with van der Waals surface area (Å²) < 4.78 is 4.10. The fraction of sp³-hybridized carbons (Fsp3) is 0.389. The van der Waals surface area contributed by atoms with Gasteiger partial charge in [-0.05, 0) is 30.9 Å². The average molecular weight is 307 g/mol. The summed E-state index contributed by atoms with van der Waals surface area (Å²) in [6.45, 7) is 2.40. The largest absolute Gasteiger partial charge is 0.384 e. The van der Waals surface area contributed by atoms with Crippen molar-refractivity contribution in [3.05, 3.63) is 29.8 Å². The van der Waals surface area contributed by atoms with Crippen LogP contribution in [0.5, 0.6) is 0 Å². The number of hydrogen-bond donors (Lipinski definition) is 1. The lowest BCUT2D eigenvalue weighted by Gasteiger charge is -2.41. The van der Waals surface area contributed by atoms with Crippen LogP contribution in [0.2, 0.25) is 0 Å². The number of nitrogens with two attached hydrogens (primary N) is 1. The number of anilines is 2. The summed E-state index contributed by atoms with van der Waals surface area (Å²) in [5.74, 6) is 2.84. The standard InChI is InChI=1S/C18H21N5/c1-21-15-4-3-12(14-10-16(19)22(2)20-14)9-13(15)17-11-5-7-23(8-6-11)18(17)21/h3-4,9-11H,5-8,19H2,1-2H3. The molecule has 0 amide bonds. The van der Waals surface area contributed by atoms with E-state index in [9.17, 15) is 0 Å². The van der Waals surface area contributed by atoms with E-state index in [1.54, 1.807) is 10.2 Å². The number of piperidine rings is 1. The van der Waals surface area contributed by atoms with E-state index in [0.29, 0.717) is 11.7 Å². The molecule has 0 atom stereocenters. The number of benzene rings is 1. The maximum atomic E-state index is 5.94. The topological polar surface area (TPSA) is 52.0 Å². The lowest BCUT2D eigenvalue weighted by molar-refractivity contribution is 0.469. The minimum atomic E-state index is 0.695. The molecule has 6 rings (SSSR count). The molecule has 0 radical (unpaired) electrons. The molecular weight excluding hydrogens is 286 g/mol. The van der Waals surface area contributed by atoms with E-state index in [0.717, 1.165) is 11.3 Å². The van der Waals surface area contributed by atoms with Crippen molar-refractivity contribution in [2.45, 2.75) is 18.8 Å². The van der Waals surface area contributed by atoms with Gasteiger partial charge in [-0.1, -0.05) is 6.07 Å². The summed E-state index contributed by atoms with van der Waals surface area (Å²) in [5, 5.41) is 5.92. The first kappa shape index (κ1) is 13.0. The molecule has 2 bridgehead atoms. The van der Waals surface area contributed by atoms with Crippen molar-refractivity contribution in [3.63, 3.8) is 0 Å². The maximum Gasteiger partial charge on any atom is 0.121 e. The van der Waals surface area contributed by atoms with Crippen LogP contribution in [0.3, 0.4) is 0 Å². The van der Waals surface area contributed by atoms with Gasteiger partial charge in [0.1, 0.15) is 11.6 Å². The lowest BCUT2D eigenvalue weighted by Crippen LogP contribution is -2.39. The van der Waals surface area contributed by atoms with E-state index in [-0.39, 0.29) is 0 Å². The zero-order valence-electron chi connectivity index (χ0n) is 13.6. The van der Waals surface area contributed by atoms with Crippen molar-refractivity contribution in [1.82, 2.24) is 14.3 Å². The fourth-order valence-electron chi connectivity index (χ4n) is 4.41. The van der Waals surface area contributed by atoms with E-state index in [4.69, 9.17) is 5.73 Å². The van der Waals surface area contributed by atoms with Gasteiger partial charge in [0.05, 0.1) is 5.69 Å². The average Bonchev–Trinajstić information content (AvgIpc) is 3.08. The van der Waals surface area contributed by atoms with E-state index in [2.05, 4.69) is 39.8 Å². The molecule has 23 heavy (non-hydrogen) atoms. The van der Waals surface area contributed by atoms with Crippen LogP contribution in [-0.2, 0) is 14.1 Å². The number of aryl methyl sites for hydroxylation is 2. The third kappa shape index (κ3) is 1.65. The SMILES string of the molecule is Cn1nc(-c2ccc3c(c2)c2c(n3C)N3CCC2CC3)cc1N. The summed E-state index contributed by atoms with van der Waals surface area (Å²) >= 11 is 0. The van der Waals surface area contributed by atoms with Gasteiger partial charge in [-0.2, -0.15) is 5.10 Å². The first-order chi connectivity index (χ1) is 11.1. The van der Waals surface area contributed by atoms with Crippen molar-refractivity contribution in [3.8, 4) is 11.3 Å². The van der Waals surface area contributed by atoms with Crippen LogP contribution >= 0.6 is 0 Å². The highest BCUT2D eigenvalue weighted by molar-refractivity contribution is 5.94. The quantitative estimate of drug-likeness (QED) is 0.752. The highest BCUT2D eigenvalue weighted by atomic mass is 15.3. The van der Waals surface area contributed by atoms with E-state index in [1.807, 2.05) is 13.1 Å². The fourth-order valence-corrected chi connectivity index (χ4v) is 4.41. The number of rotatable bonds is 1. The summed E-state index contributed by atoms with van der Waals surface area (Å²) in [7, 11) is 4.08. The van der Waals surface area contributed by atoms with E-state index in [1.165, 1.54) is 42.7 Å². The molecule has 0 aliphatic carbocycles. The van der Waals surface area contributed by atoms with Crippen LogP contribution in [-0.4, -0.2) is 27.4 Å². The number of aromatic nitrogens is 3. The lowest BCUT2D eigenvalue weighted by atomic mass is 9.84. The van der Waals surface area contributed by atoms with Gasteiger partial charge in [0.15, 0.2) is 0 Å². The number of hydrogen-bond acceptors (Lipinski definition) is 3. The molecule has 3 aromatic rings. The Hall–Kier alpha value is -2.43. The van der Waals surface area contributed by atoms with Crippen molar-refractivity contribution in [2.24, 2.45) is 14.1 Å². The van der Waals surface area contributed by atoms with Gasteiger partial charge in [0, 0.05) is 55.3 Å². The molecule has 0 unspecified atom stereocenters. The Morgan fingerprint density at radius 3 is 2.61 bits per heavy atom. The first-order valence-electron chi connectivity index (χ1n) is 8.30. The highest BCUT2D eigenvalue weighted by Crippen LogP contribution is 2.47. The summed E-state index contributed by atoms with van der Waals surface area (Å²) in [6.07, 6.45) is 2.57. The smallest absolute Gasteiger partial charge is 0.121 e. The van der Waals surface area contributed by atoms with Crippen LogP contribution < -0.4 is 10.6 Å². The summed E-state index contributed by atoms with van der Waals surface area (Å²) in [4.78, 5) is 2.55. The Morgan fingerprint density at radius 2 is 1.91 bits per heavy atom. The van der Waals surface area contributed by atoms with Gasteiger partial charge in [-0.25, -0.2) is 0 Å². The first-order valence-corrected chi connectivity index (χ1v) is 8.30. The predicted molar refractivity (Wildman–Crippen MR) is 93.7 cm³/mol. The molecule has 1 aromatic carbocycles. The molecule has 5 nitrogen and oxygen atoms in total. The Kier molecular flexibility index (Phi) is 2.45. The summed E-state index contributed by atoms with van der Waals surface area (Å²) in [6, 6.07) is 8.64. The van der Waals surface area contributed by atoms with Gasteiger partial charge < -0.3 is 15.2 Å². The number of nitrogens with zero attached hydrogens (tertiary/aromatic N) is 4. The van der Waals surface area contributed by atoms with Crippen molar-refractivity contribution < 1.29 is 0 Å². The van der Waals surface area contributed by atoms with Gasteiger partial charge in [0.25, 0.3) is 0 Å². The van der Waals surface area contributed by atoms with Gasteiger partial charge in [-0.15, -0.1) is 0 Å². The number of nitrogen functional groups attached to an aromatic ring is 1. The van der Waals surface area contributed by atoms with E-state index < -0.39 is 0 Å². The normalized spacial score (nSPS) is 17.2. The minimum absolute atomic E-state index is 0.695. The maximum absolute atomic E-state index is 5.94. The number of fused-ring (bicyclic) bond motifs is 3. The molecule has 5 heterocycles. The molecule has 1 saturated heterocycles. The van der Waals surface area contributed by atoms with Crippen molar-refractivity contribution in [2.75, 3.05) is 23.7 Å². The monoisotopic (exact) mass is 307 g/mol. The second-order valence-corrected chi connectivity index (χ2v) is 6.87. The molecular formula is C18H21N5. The zero-order valence-corrected chi connectivity index (χ0v) is 13.6. The van der Waals surface area contributed by atoms with Crippen LogP contribution in [0.25, 0.3) is 22.2 Å². The highest BCUT2D eigenvalue weighted by Gasteiger charge is 2.35. The minimum Gasteiger partial charge on any atom is -0.384 e. The Labute approximate surface area is 135 Å². The molecule has 118 valence electrons. The molecule has 2 aromatic heterocycles. The molecule has 1 fully saturated rings.